The molecule has 0 aromatic heterocycles. The van der Waals surface area contributed by atoms with Crippen LogP contribution in [0.2, 0.25) is 0 Å². The van der Waals surface area contributed by atoms with E-state index in [4.69, 9.17) is 4.74 Å². The standard InChI is InChI=1S/C17H18FN3O6/c1-9(2)14(20-15(18)13(16(20)23)19-10(3)22)17(24)27-8-11-4-6-12(7-5-11)21(25)26/h4-7,13,15H,8H2,1-3H3,(H,19,22). The molecule has 2 rings (SSSR count). The zero-order valence-electron chi connectivity index (χ0n) is 14.9. The Labute approximate surface area is 153 Å². The number of benzene rings is 1. The smallest absolute Gasteiger partial charge is 0.355 e. The van der Waals surface area contributed by atoms with Gasteiger partial charge in [-0.15, -0.1) is 0 Å². The second kappa shape index (κ2) is 7.94. The molecule has 1 aromatic carbocycles. The molecule has 27 heavy (non-hydrogen) atoms. The first-order valence-electron chi connectivity index (χ1n) is 7.95. The van der Waals surface area contributed by atoms with Gasteiger partial charge in [0.1, 0.15) is 12.3 Å². The Morgan fingerprint density at radius 2 is 1.85 bits per heavy atom. The number of non-ortho nitro benzene ring substituents is 1. The van der Waals surface area contributed by atoms with Gasteiger partial charge in [-0.05, 0) is 37.1 Å². The number of nitrogens with one attached hydrogen (secondary N) is 1. The van der Waals surface area contributed by atoms with Gasteiger partial charge < -0.3 is 10.1 Å². The average molecular weight is 379 g/mol. The normalized spacial score (nSPS) is 18.4. The van der Waals surface area contributed by atoms with Crippen LogP contribution in [0.15, 0.2) is 35.5 Å². The van der Waals surface area contributed by atoms with E-state index in [0.717, 1.165) is 6.92 Å². The van der Waals surface area contributed by atoms with Crippen molar-refractivity contribution in [2.75, 3.05) is 0 Å². The maximum atomic E-state index is 14.3. The van der Waals surface area contributed by atoms with Gasteiger partial charge in [0, 0.05) is 19.1 Å². The molecular weight excluding hydrogens is 361 g/mol. The van der Waals surface area contributed by atoms with E-state index in [9.17, 15) is 28.9 Å². The molecule has 0 saturated carbocycles. The van der Waals surface area contributed by atoms with E-state index >= 15 is 0 Å². The molecule has 2 unspecified atom stereocenters. The summed E-state index contributed by atoms with van der Waals surface area (Å²) in [4.78, 5) is 46.2. The van der Waals surface area contributed by atoms with Crippen LogP contribution in [0, 0.1) is 10.1 Å². The quantitative estimate of drug-likeness (QED) is 0.200. The first-order valence-corrected chi connectivity index (χ1v) is 7.95. The number of allylic oxidation sites excluding steroid dienone is 1. The number of nitrogens with zero attached hydrogens (tertiary/aromatic N) is 2. The summed E-state index contributed by atoms with van der Waals surface area (Å²) in [5.74, 6) is -2.22. The Balaban J connectivity index is 2.06. The zero-order chi connectivity index (χ0) is 20.3. The fraction of sp³-hybridized carbons (Fsp3) is 0.353. The van der Waals surface area contributed by atoms with Gasteiger partial charge in [-0.25, -0.2) is 9.18 Å². The number of nitro groups is 1. The third-order valence-corrected chi connectivity index (χ3v) is 3.81. The number of alkyl halides is 1. The summed E-state index contributed by atoms with van der Waals surface area (Å²) < 4.78 is 19.4. The van der Waals surface area contributed by atoms with Gasteiger partial charge in [-0.2, -0.15) is 0 Å². The Morgan fingerprint density at radius 3 is 2.30 bits per heavy atom. The fourth-order valence-corrected chi connectivity index (χ4v) is 2.51. The van der Waals surface area contributed by atoms with Gasteiger partial charge in [0.15, 0.2) is 6.04 Å². The van der Waals surface area contributed by atoms with Gasteiger partial charge in [0.25, 0.3) is 11.6 Å². The van der Waals surface area contributed by atoms with E-state index in [-0.39, 0.29) is 18.0 Å². The number of esters is 1. The lowest BCUT2D eigenvalue weighted by atomic mass is 10.0. The summed E-state index contributed by atoms with van der Waals surface area (Å²) in [6.45, 7) is 3.99. The highest BCUT2D eigenvalue weighted by Gasteiger charge is 2.52. The van der Waals surface area contributed by atoms with E-state index in [1.54, 1.807) is 0 Å². The summed E-state index contributed by atoms with van der Waals surface area (Å²) in [6.07, 6.45) is -1.88. The molecule has 0 bridgehead atoms. The first-order chi connectivity index (χ1) is 12.6. The summed E-state index contributed by atoms with van der Waals surface area (Å²) >= 11 is 0. The molecule has 1 heterocycles. The molecule has 9 nitrogen and oxygen atoms in total. The second-order valence-electron chi connectivity index (χ2n) is 6.11. The SMILES string of the molecule is CC(=O)NC1C(=O)N(C(C(=O)OCc2ccc([N+](=O)[O-])cc2)=C(C)C)C1F. The number of amides is 2. The summed E-state index contributed by atoms with van der Waals surface area (Å²) in [6, 6.07) is 4.04. The molecule has 1 fully saturated rings. The minimum absolute atomic E-state index is 0.106. The van der Waals surface area contributed by atoms with Crippen LogP contribution >= 0.6 is 0 Å². The van der Waals surface area contributed by atoms with Crippen LogP contribution in [0.1, 0.15) is 26.3 Å². The predicted molar refractivity (Wildman–Crippen MR) is 90.6 cm³/mol. The first kappa shape index (κ1) is 20.0. The highest BCUT2D eigenvalue weighted by Crippen LogP contribution is 2.29. The molecule has 144 valence electrons. The van der Waals surface area contributed by atoms with Crippen molar-refractivity contribution < 1.29 is 28.4 Å². The number of rotatable bonds is 6. The number of ether oxygens (including phenoxy) is 1. The van der Waals surface area contributed by atoms with E-state index in [1.807, 2.05) is 0 Å². The van der Waals surface area contributed by atoms with Crippen LogP contribution in [0.3, 0.4) is 0 Å². The van der Waals surface area contributed by atoms with Crippen molar-refractivity contribution in [3.63, 3.8) is 0 Å². The van der Waals surface area contributed by atoms with Gasteiger partial charge in [-0.1, -0.05) is 0 Å². The largest absolute Gasteiger partial charge is 0.456 e. The minimum Gasteiger partial charge on any atom is -0.456 e. The third kappa shape index (κ3) is 4.27. The number of likely N-dealkylation sites (tertiary alicyclic amines) is 1. The van der Waals surface area contributed by atoms with Crippen molar-refractivity contribution in [3.8, 4) is 0 Å². The Bertz CT molecular complexity index is 816. The lowest BCUT2D eigenvalue weighted by Gasteiger charge is -2.42. The van der Waals surface area contributed by atoms with Gasteiger partial charge >= 0.3 is 5.97 Å². The molecule has 0 spiro atoms. The Hall–Kier alpha value is -3.30. The van der Waals surface area contributed by atoms with E-state index in [1.165, 1.54) is 38.1 Å². The molecule has 1 N–H and O–H groups in total. The number of carbonyl (C=O) groups excluding carboxylic acids is 3. The van der Waals surface area contributed by atoms with Crippen molar-refractivity contribution in [2.45, 2.75) is 39.7 Å². The predicted octanol–water partition coefficient (Wildman–Crippen LogP) is 1.57. The number of carbonyl (C=O) groups is 3. The molecule has 2 amide bonds. The maximum Gasteiger partial charge on any atom is 0.355 e. The molecule has 1 aromatic rings. The number of hydrogen-bond donors (Lipinski definition) is 1. The van der Waals surface area contributed by atoms with Gasteiger partial charge in [0.05, 0.1) is 4.92 Å². The maximum absolute atomic E-state index is 14.3. The monoisotopic (exact) mass is 379 g/mol. The van der Waals surface area contributed by atoms with Crippen molar-refractivity contribution >= 4 is 23.5 Å². The fourth-order valence-electron chi connectivity index (χ4n) is 2.51. The van der Waals surface area contributed by atoms with Crippen molar-refractivity contribution in [1.29, 1.82) is 0 Å². The van der Waals surface area contributed by atoms with Crippen molar-refractivity contribution in [3.05, 3.63) is 51.2 Å². The third-order valence-electron chi connectivity index (χ3n) is 3.81. The number of hydrogen-bond acceptors (Lipinski definition) is 6. The highest BCUT2D eigenvalue weighted by atomic mass is 19.1. The second-order valence-corrected chi connectivity index (χ2v) is 6.11. The minimum atomic E-state index is -1.88. The van der Waals surface area contributed by atoms with Crippen LogP contribution in [-0.2, 0) is 25.7 Å². The van der Waals surface area contributed by atoms with Crippen LogP contribution in [0.25, 0.3) is 0 Å². The summed E-state index contributed by atoms with van der Waals surface area (Å²) in [7, 11) is 0. The number of nitro benzene ring substituents is 1. The Morgan fingerprint density at radius 1 is 1.26 bits per heavy atom. The van der Waals surface area contributed by atoms with Crippen molar-refractivity contribution in [2.24, 2.45) is 0 Å². The van der Waals surface area contributed by atoms with E-state index < -0.39 is 35.0 Å². The molecule has 2 atom stereocenters. The van der Waals surface area contributed by atoms with E-state index in [2.05, 4.69) is 5.32 Å². The van der Waals surface area contributed by atoms with Crippen LogP contribution < -0.4 is 5.32 Å². The lowest BCUT2D eigenvalue weighted by molar-refractivity contribution is -0.384. The van der Waals surface area contributed by atoms with Crippen molar-refractivity contribution in [1.82, 2.24) is 10.2 Å². The molecular formula is C17H18FN3O6. The molecule has 0 radical (unpaired) electrons. The summed E-state index contributed by atoms with van der Waals surface area (Å²) in [5.41, 5.74) is 0.507. The molecule has 10 heteroatoms. The molecule has 1 aliphatic heterocycles. The number of halogens is 1. The van der Waals surface area contributed by atoms with Gasteiger partial charge in [-0.3, -0.25) is 24.6 Å². The van der Waals surface area contributed by atoms with E-state index in [0.29, 0.717) is 16.0 Å². The van der Waals surface area contributed by atoms with Gasteiger partial charge in [0.2, 0.25) is 12.2 Å². The molecule has 1 aliphatic rings. The molecule has 0 aliphatic carbocycles. The highest BCUT2D eigenvalue weighted by molar-refractivity contribution is 6.01. The zero-order valence-corrected chi connectivity index (χ0v) is 14.9. The molecule has 1 saturated heterocycles. The lowest BCUT2D eigenvalue weighted by Crippen LogP contribution is -2.69. The summed E-state index contributed by atoms with van der Waals surface area (Å²) in [5, 5.41) is 12.8. The average Bonchev–Trinajstić information content (AvgIpc) is 2.61. The Kier molecular flexibility index (Phi) is 5.88. The number of β-lactam (4-membered cyclic amide) rings is 1. The van der Waals surface area contributed by atoms with Crippen LogP contribution in [0.5, 0.6) is 0 Å². The van der Waals surface area contributed by atoms with Crippen LogP contribution in [0.4, 0.5) is 10.1 Å². The van der Waals surface area contributed by atoms with Crippen LogP contribution in [-0.4, -0.2) is 39.9 Å². The topological polar surface area (TPSA) is 119 Å².